The van der Waals surface area contributed by atoms with Gasteiger partial charge in [-0.3, -0.25) is 0 Å². The van der Waals surface area contributed by atoms with Gasteiger partial charge in [-0.15, -0.1) is 0 Å². The van der Waals surface area contributed by atoms with Gasteiger partial charge in [0.25, 0.3) is 0 Å². The standard InChI is InChI=1S/C52H42N2/c1-3-5-7-18-39-19-10-12-24-47(39)46(4-2)41-29-33-43(34-30-41)51-36-50(42-31-27-38(28-32-42)37-16-8-6-9-17-37)53-52(54-51)45-23-14-22-44(35-45)49-26-15-21-40-20-11-13-25-48(40)49/h4,6-36H,3,5H2,1-2H3/b18-7+,46-4-. The zero-order valence-corrected chi connectivity index (χ0v) is 30.8. The summed E-state index contributed by atoms with van der Waals surface area (Å²) < 4.78 is 0. The Labute approximate surface area is 318 Å². The predicted molar refractivity (Wildman–Crippen MR) is 230 cm³/mol. The number of unbranched alkanes of at least 4 members (excludes halogenated alkanes) is 1. The maximum atomic E-state index is 5.24. The predicted octanol–water partition coefficient (Wildman–Crippen LogP) is 14.2. The first-order valence-electron chi connectivity index (χ1n) is 18.8. The molecule has 0 aliphatic carbocycles. The van der Waals surface area contributed by atoms with E-state index in [1.807, 2.05) is 6.07 Å². The van der Waals surface area contributed by atoms with Gasteiger partial charge in [0.2, 0.25) is 0 Å². The number of fused-ring (bicyclic) bond motifs is 1. The van der Waals surface area contributed by atoms with E-state index in [0.717, 1.165) is 46.5 Å². The lowest BCUT2D eigenvalue weighted by atomic mass is 9.92. The van der Waals surface area contributed by atoms with Crippen molar-refractivity contribution in [3.63, 3.8) is 0 Å². The van der Waals surface area contributed by atoms with Gasteiger partial charge in [-0.2, -0.15) is 0 Å². The summed E-state index contributed by atoms with van der Waals surface area (Å²) >= 11 is 0. The molecular formula is C52H42N2. The van der Waals surface area contributed by atoms with Crippen molar-refractivity contribution in [2.45, 2.75) is 26.7 Å². The summed E-state index contributed by atoms with van der Waals surface area (Å²) in [5, 5.41) is 2.45. The van der Waals surface area contributed by atoms with Crippen LogP contribution in [-0.4, -0.2) is 9.97 Å². The highest BCUT2D eigenvalue weighted by atomic mass is 14.9. The zero-order chi connectivity index (χ0) is 36.7. The fourth-order valence-corrected chi connectivity index (χ4v) is 7.20. The smallest absolute Gasteiger partial charge is 0.160 e. The first-order valence-corrected chi connectivity index (χ1v) is 18.8. The highest BCUT2D eigenvalue weighted by molar-refractivity contribution is 5.97. The molecule has 54 heavy (non-hydrogen) atoms. The molecule has 0 saturated heterocycles. The van der Waals surface area contributed by atoms with Crippen LogP contribution >= 0.6 is 0 Å². The molecule has 0 amide bonds. The van der Waals surface area contributed by atoms with Crippen LogP contribution in [0.3, 0.4) is 0 Å². The number of hydrogen-bond donors (Lipinski definition) is 0. The van der Waals surface area contributed by atoms with Crippen LogP contribution in [0.25, 0.3) is 78.6 Å². The molecule has 1 aromatic heterocycles. The van der Waals surface area contributed by atoms with Gasteiger partial charge in [0.15, 0.2) is 5.82 Å². The van der Waals surface area contributed by atoms with Crippen LogP contribution in [-0.2, 0) is 0 Å². The zero-order valence-electron chi connectivity index (χ0n) is 30.8. The number of hydrogen-bond acceptors (Lipinski definition) is 2. The van der Waals surface area contributed by atoms with Crippen LogP contribution in [0, 0.1) is 0 Å². The van der Waals surface area contributed by atoms with Crippen LogP contribution in [0.1, 0.15) is 43.4 Å². The Hall–Kier alpha value is -6.64. The second-order valence-corrected chi connectivity index (χ2v) is 13.6. The van der Waals surface area contributed by atoms with E-state index in [1.165, 1.54) is 49.7 Å². The SMILES string of the molecule is C/C=C(/c1ccc(-c2cc(-c3ccc(-c4ccccc4)cc3)nc(-c3cccc(-c4cccc5ccccc45)c3)n2)cc1)c1ccccc1/C=C/CCC. The van der Waals surface area contributed by atoms with E-state index < -0.39 is 0 Å². The lowest BCUT2D eigenvalue weighted by molar-refractivity contribution is 0.962. The molecule has 8 rings (SSSR count). The Balaban J connectivity index is 1.20. The van der Waals surface area contributed by atoms with Crippen molar-refractivity contribution in [1.29, 1.82) is 0 Å². The molecule has 0 aliphatic rings. The van der Waals surface area contributed by atoms with Gasteiger partial charge in [-0.25, -0.2) is 9.97 Å². The highest BCUT2D eigenvalue weighted by Gasteiger charge is 2.14. The van der Waals surface area contributed by atoms with E-state index in [4.69, 9.17) is 9.97 Å². The maximum absolute atomic E-state index is 5.24. The summed E-state index contributed by atoms with van der Waals surface area (Å²) in [6.45, 7) is 4.33. The largest absolute Gasteiger partial charge is 0.228 e. The molecule has 2 nitrogen and oxygen atoms in total. The Morgan fingerprint density at radius 2 is 1.11 bits per heavy atom. The second kappa shape index (κ2) is 15.9. The Morgan fingerprint density at radius 1 is 0.519 bits per heavy atom. The summed E-state index contributed by atoms with van der Waals surface area (Å²) in [7, 11) is 0. The third-order valence-electron chi connectivity index (χ3n) is 10.0. The summed E-state index contributed by atoms with van der Waals surface area (Å²) in [5.41, 5.74) is 14.4. The van der Waals surface area contributed by atoms with Crippen LogP contribution in [0.2, 0.25) is 0 Å². The van der Waals surface area contributed by atoms with E-state index >= 15 is 0 Å². The fraction of sp³-hybridized carbons (Fsp3) is 0.0769. The first-order chi connectivity index (χ1) is 26.7. The molecule has 8 aromatic rings. The van der Waals surface area contributed by atoms with Crippen LogP contribution in [0.5, 0.6) is 0 Å². The number of aromatic nitrogens is 2. The van der Waals surface area contributed by atoms with Crippen LogP contribution in [0.15, 0.2) is 188 Å². The average molecular weight is 695 g/mol. The van der Waals surface area contributed by atoms with Crippen molar-refractivity contribution in [3.8, 4) is 56.2 Å². The van der Waals surface area contributed by atoms with E-state index in [2.05, 4.69) is 202 Å². The summed E-state index contributed by atoms with van der Waals surface area (Å²) in [5.74, 6) is 0.697. The molecule has 7 aromatic carbocycles. The van der Waals surface area contributed by atoms with Gasteiger partial charge in [0.05, 0.1) is 11.4 Å². The van der Waals surface area contributed by atoms with E-state index in [-0.39, 0.29) is 0 Å². The topological polar surface area (TPSA) is 25.8 Å². The molecule has 0 N–H and O–H groups in total. The Kier molecular flexibility index (Phi) is 10.2. The van der Waals surface area contributed by atoms with Crippen molar-refractivity contribution in [3.05, 3.63) is 205 Å². The number of nitrogens with zero attached hydrogens (tertiary/aromatic N) is 2. The number of rotatable bonds is 10. The van der Waals surface area contributed by atoms with Crippen LogP contribution < -0.4 is 0 Å². The summed E-state index contributed by atoms with van der Waals surface area (Å²) in [6, 6.07) is 62.4. The molecule has 2 heteroatoms. The molecule has 0 aliphatic heterocycles. The third kappa shape index (κ3) is 7.33. The van der Waals surface area contributed by atoms with Crippen molar-refractivity contribution >= 4 is 22.4 Å². The monoisotopic (exact) mass is 694 g/mol. The van der Waals surface area contributed by atoms with E-state index in [9.17, 15) is 0 Å². The van der Waals surface area contributed by atoms with Gasteiger partial charge in [-0.05, 0) is 80.8 Å². The molecule has 0 spiro atoms. The molecule has 0 bridgehead atoms. The molecule has 0 saturated carbocycles. The molecular weight excluding hydrogens is 653 g/mol. The second-order valence-electron chi connectivity index (χ2n) is 13.6. The van der Waals surface area contributed by atoms with Crippen molar-refractivity contribution < 1.29 is 0 Å². The maximum Gasteiger partial charge on any atom is 0.160 e. The quantitative estimate of drug-likeness (QED) is 0.142. The summed E-state index contributed by atoms with van der Waals surface area (Å²) in [4.78, 5) is 10.4. The minimum atomic E-state index is 0.697. The lowest BCUT2D eigenvalue weighted by Crippen LogP contribution is -1.97. The molecule has 0 unspecified atom stereocenters. The lowest BCUT2D eigenvalue weighted by Gasteiger charge is -2.14. The number of benzene rings is 7. The normalized spacial score (nSPS) is 11.7. The van der Waals surface area contributed by atoms with Crippen molar-refractivity contribution in [2.24, 2.45) is 0 Å². The minimum Gasteiger partial charge on any atom is -0.228 e. The molecule has 0 radical (unpaired) electrons. The van der Waals surface area contributed by atoms with Gasteiger partial charge in [0, 0.05) is 16.7 Å². The third-order valence-corrected chi connectivity index (χ3v) is 10.0. The molecule has 0 atom stereocenters. The molecule has 260 valence electrons. The van der Waals surface area contributed by atoms with Gasteiger partial charge in [0.1, 0.15) is 0 Å². The Morgan fingerprint density at radius 3 is 1.87 bits per heavy atom. The Bertz CT molecular complexity index is 2590. The van der Waals surface area contributed by atoms with E-state index in [1.54, 1.807) is 0 Å². The highest BCUT2D eigenvalue weighted by Crippen LogP contribution is 2.34. The van der Waals surface area contributed by atoms with Crippen molar-refractivity contribution in [2.75, 3.05) is 0 Å². The fourth-order valence-electron chi connectivity index (χ4n) is 7.20. The minimum absolute atomic E-state index is 0.697. The first kappa shape index (κ1) is 34.4. The van der Waals surface area contributed by atoms with Crippen molar-refractivity contribution in [1.82, 2.24) is 9.97 Å². The molecule has 1 heterocycles. The van der Waals surface area contributed by atoms with Gasteiger partial charge in [-0.1, -0.05) is 195 Å². The van der Waals surface area contributed by atoms with Crippen LogP contribution in [0.4, 0.5) is 0 Å². The van der Waals surface area contributed by atoms with Gasteiger partial charge >= 0.3 is 0 Å². The summed E-state index contributed by atoms with van der Waals surface area (Å²) in [6.07, 6.45) is 8.94. The van der Waals surface area contributed by atoms with E-state index in [0.29, 0.717) is 5.82 Å². The average Bonchev–Trinajstić information content (AvgIpc) is 3.25. The van der Waals surface area contributed by atoms with Gasteiger partial charge < -0.3 is 0 Å². The number of allylic oxidation sites excluding steroid dienone is 2. The molecule has 0 fully saturated rings.